The minimum Gasteiger partial charge on any atom is -0.353 e. The van der Waals surface area contributed by atoms with Crippen LogP contribution in [-0.2, 0) is 20.0 Å². The molecule has 208 valence electrons. The summed E-state index contributed by atoms with van der Waals surface area (Å²) in [7, 11) is -7.02. The molecule has 1 aromatic carbocycles. The van der Waals surface area contributed by atoms with E-state index < -0.39 is 20.0 Å². The Hall–Kier alpha value is -2.60. The molecule has 4 heterocycles. The van der Waals surface area contributed by atoms with Crippen molar-refractivity contribution in [1.82, 2.24) is 9.80 Å². The average molecular weight is 564 g/mol. The number of sulfonamides is 2. The Bertz CT molecular complexity index is 1410. The summed E-state index contributed by atoms with van der Waals surface area (Å²) in [5, 5.41) is 0. The second-order valence-corrected chi connectivity index (χ2v) is 15.3. The van der Waals surface area contributed by atoms with Crippen LogP contribution in [-0.4, -0.2) is 95.2 Å². The number of amides is 1. The molecule has 5 rings (SSSR count). The fourth-order valence-corrected chi connectivity index (χ4v) is 8.85. The van der Waals surface area contributed by atoms with Crippen LogP contribution in [0.5, 0.6) is 0 Å². The minimum atomic E-state index is -3.58. The quantitative estimate of drug-likeness (QED) is 0.558. The molecule has 4 aliphatic heterocycles. The standard InChI is InChI=1S/C26H37N5O5S2/c1-19-18-26(3,4)20(2)27-24(19)28-11-13-29(14-12-28)25(32)22-8-7-21(30-9-5-15-37(30,33)34)17-23(22)31-10-6-16-38(31,35)36/h7-8,17-18,20H,5-6,9-16H2,1-4H3. The van der Waals surface area contributed by atoms with E-state index in [2.05, 4.69) is 38.7 Å². The Morgan fingerprint density at radius 1 is 0.921 bits per heavy atom. The maximum absolute atomic E-state index is 13.7. The second-order valence-electron chi connectivity index (χ2n) is 11.2. The van der Waals surface area contributed by atoms with Gasteiger partial charge in [-0.3, -0.25) is 18.4 Å². The first-order valence-corrected chi connectivity index (χ1v) is 16.5. The topological polar surface area (TPSA) is 111 Å². The van der Waals surface area contributed by atoms with Gasteiger partial charge in [-0.05, 0) is 50.5 Å². The maximum atomic E-state index is 13.7. The molecule has 1 atom stereocenters. The molecule has 1 unspecified atom stereocenters. The van der Waals surface area contributed by atoms with Crippen molar-refractivity contribution in [2.45, 2.75) is 46.6 Å². The molecule has 4 aliphatic rings. The van der Waals surface area contributed by atoms with Crippen molar-refractivity contribution >= 4 is 43.2 Å². The zero-order chi connectivity index (χ0) is 27.5. The van der Waals surface area contributed by atoms with Crippen molar-refractivity contribution in [1.29, 1.82) is 0 Å². The van der Waals surface area contributed by atoms with Gasteiger partial charge in [-0.25, -0.2) is 16.8 Å². The molecular formula is C26H37N5O5S2. The summed E-state index contributed by atoms with van der Waals surface area (Å²) in [5.41, 5.74) is 2.09. The second kappa shape index (κ2) is 9.55. The smallest absolute Gasteiger partial charge is 0.256 e. The molecule has 1 aromatic rings. The summed E-state index contributed by atoms with van der Waals surface area (Å²) in [5.74, 6) is 0.801. The number of rotatable bonds is 3. The van der Waals surface area contributed by atoms with E-state index in [1.54, 1.807) is 23.1 Å². The molecule has 0 N–H and O–H groups in total. The van der Waals surface area contributed by atoms with Crippen molar-refractivity contribution in [3.63, 3.8) is 0 Å². The van der Waals surface area contributed by atoms with Crippen molar-refractivity contribution in [3.8, 4) is 0 Å². The Morgan fingerprint density at radius 3 is 2.11 bits per heavy atom. The highest BCUT2D eigenvalue weighted by Gasteiger charge is 2.36. The van der Waals surface area contributed by atoms with Crippen molar-refractivity contribution < 1.29 is 21.6 Å². The van der Waals surface area contributed by atoms with Crippen LogP contribution in [0.4, 0.5) is 11.4 Å². The molecule has 0 aromatic heterocycles. The Labute approximate surface area is 226 Å². The average Bonchev–Trinajstić information content (AvgIpc) is 3.40. The lowest BCUT2D eigenvalue weighted by Gasteiger charge is -2.40. The normalized spacial score (nSPS) is 26.4. The summed E-state index contributed by atoms with van der Waals surface area (Å²) in [4.78, 5) is 22.7. The number of dihydropyridines is 1. The largest absolute Gasteiger partial charge is 0.353 e. The van der Waals surface area contributed by atoms with Gasteiger partial charge in [-0.2, -0.15) is 0 Å². The Morgan fingerprint density at radius 2 is 1.53 bits per heavy atom. The molecule has 0 spiro atoms. The molecular weight excluding hydrogens is 526 g/mol. The van der Waals surface area contributed by atoms with E-state index in [0.717, 1.165) is 11.4 Å². The van der Waals surface area contributed by atoms with Gasteiger partial charge in [0.05, 0.1) is 34.5 Å². The number of carbonyl (C=O) groups excluding carboxylic acids is 1. The van der Waals surface area contributed by atoms with Gasteiger partial charge >= 0.3 is 0 Å². The molecule has 0 bridgehead atoms. The molecule has 3 saturated heterocycles. The van der Waals surface area contributed by atoms with E-state index in [0.29, 0.717) is 51.3 Å². The molecule has 0 saturated carbocycles. The number of hydrogen-bond donors (Lipinski definition) is 0. The van der Waals surface area contributed by atoms with Gasteiger partial charge in [0.2, 0.25) is 20.0 Å². The predicted molar refractivity (Wildman–Crippen MR) is 150 cm³/mol. The van der Waals surface area contributed by atoms with Crippen LogP contribution in [0.3, 0.4) is 0 Å². The van der Waals surface area contributed by atoms with Crippen LogP contribution < -0.4 is 8.61 Å². The molecule has 10 nitrogen and oxygen atoms in total. The number of benzene rings is 1. The molecule has 12 heteroatoms. The minimum absolute atomic E-state index is 0.00174. The molecule has 38 heavy (non-hydrogen) atoms. The van der Waals surface area contributed by atoms with E-state index in [9.17, 15) is 21.6 Å². The van der Waals surface area contributed by atoms with Crippen LogP contribution >= 0.6 is 0 Å². The van der Waals surface area contributed by atoms with E-state index >= 15 is 0 Å². The Balaban J connectivity index is 1.40. The number of hydrogen-bond acceptors (Lipinski definition) is 7. The number of nitrogens with zero attached hydrogens (tertiary/aromatic N) is 5. The molecule has 3 fully saturated rings. The third-order valence-corrected chi connectivity index (χ3v) is 11.9. The van der Waals surface area contributed by atoms with Crippen molar-refractivity contribution in [2.75, 3.05) is 59.4 Å². The molecule has 0 aliphatic carbocycles. The zero-order valence-electron chi connectivity index (χ0n) is 22.6. The van der Waals surface area contributed by atoms with Crippen LogP contribution in [0.25, 0.3) is 0 Å². The van der Waals surface area contributed by atoms with Gasteiger partial charge in [0.25, 0.3) is 5.91 Å². The van der Waals surface area contributed by atoms with Gasteiger partial charge in [0.1, 0.15) is 5.84 Å². The first kappa shape index (κ1) is 27.0. The van der Waals surface area contributed by atoms with Crippen LogP contribution in [0.1, 0.15) is 50.9 Å². The highest BCUT2D eigenvalue weighted by Crippen LogP contribution is 2.35. The fourth-order valence-electron chi connectivity index (χ4n) is 5.72. The Kier molecular flexibility index (Phi) is 6.78. The van der Waals surface area contributed by atoms with Crippen molar-refractivity contribution in [2.24, 2.45) is 10.4 Å². The third kappa shape index (κ3) is 4.81. The van der Waals surface area contributed by atoms with E-state index in [-0.39, 0.29) is 46.7 Å². The summed E-state index contributed by atoms with van der Waals surface area (Å²) < 4.78 is 53.3. The van der Waals surface area contributed by atoms with Gasteiger partial charge in [-0.1, -0.05) is 19.9 Å². The number of amidine groups is 1. The highest BCUT2D eigenvalue weighted by molar-refractivity contribution is 7.93. The summed E-state index contributed by atoms with van der Waals surface area (Å²) in [6, 6.07) is 4.92. The molecule has 1 amide bonds. The van der Waals surface area contributed by atoms with E-state index in [4.69, 9.17) is 4.99 Å². The first-order valence-electron chi connectivity index (χ1n) is 13.3. The monoisotopic (exact) mass is 563 g/mol. The van der Waals surface area contributed by atoms with Gasteiger partial charge in [-0.15, -0.1) is 0 Å². The summed E-state index contributed by atoms with van der Waals surface area (Å²) in [6.45, 7) is 11.4. The SMILES string of the molecule is CC1=CC(C)(C)C(C)N=C1N1CCN(C(=O)c2ccc(N3CCCS3(=O)=O)cc2N2CCCS2(=O)=O)CC1. The first-order chi connectivity index (χ1) is 17.8. The highest BCUT2D eigenvalue weighted by atomic mass is 32.2. The third-order valence-electron chi connectivity index (χ3n) is 8.17. The number of anilines is 2. The lowest BCUT2D eigenvalue weighted by atomic mass is 9.81. The van der Waals surface area contributed by atoms with E-state index in [1.165, 1.54) is 8.61 Å². The van der Waals surface area contributed by atoms with E-state index in [1.807, 2.05) is 0 Å². The molecule has 0 radical (unpaired) electrons. The number of piperazine rings is 1. The van der Waals surface area contributed by atoms with Gasteiger partial charge in [0.15, 0.2) is 0 Å². The zero-order valence-corrected chi connectivity index (χ0v) is 24.2. The van der Waals surface area contributed by atoms with Crippen LogP contribution in [0.15, 0.2) is 34.8 Å². The lowest BCUT2D eigenvalue weighted by Crippen LogP contribution is -2.52. The van der Waals surface area contributed by atoms with Gasteiger partial charge < -0.3 is 9.80 Å². The lowest BCUT2D eigenvalue weighted by molar-refractivity contribution is 0.0692. The predicted octanol–water partition coefficient (Wildman–Crippen LogP) is 2.30. The van der Waals surface area contributed by atoms with Crippen LogP contribution in [0, 0.1) is 5.41 Å². The maximum Gasteiger partial charge on any atom is 0.256 e. The van der Waals surface area contributed by atoms with Crippen LogP contribution in [0.2, 0.25) is 0 Å². The number of carbonyl (C=O) groups is 1. The number of aliphatic imine (C=N–C) groups is 1. The fraction of sp³-hybridized carbons (Fsp3) is 0.615. The van der Waals surface area contributed by atoms with Crippen molar-refractivity contribution in [3.05, 3.63) is 35.4 Å². The summed E-state index contributed by atoms with van der Waals surface area (Å²) in [6.07, 6.45) is 3.24. The van der Waals surface area contributed by atoms with Gasteiger partial charge in [0, 0.05) is 44.7 Å². The summed E-state index contributed by atoms with van der Waals surface area (Å²) >= 11 is 0.